The van der Waals surface area contributed by atoms with Crippen molar-refractivity contribution in [1.29, 1.82) is 0 Å². The van der Waals surface area contributed by atoms with Gasteiger partial charge in [0, 0.05) is 18.5 Å². The molecule has 122 valence electrons. The molecule has 0 saturated heterocycles. The average molecular weight is 349 g/mol. The van der Waals surface area contributed by atoms with Gasteiger partial charge in [-0.2, -0.15) is 0 Å². The van der Waals surface area contributed by atoms with Crippen LogP contribution < -0.4 is 9.47 Å². The molecule has 3 aromatic rings. The van der Waals surface area contributed by atoms with E-state index in [4.69, 9.17) is 9.47 Å². The molecule has 0 aliphatic carbocycles. The van der Waals surface area contributed by atoms with Crippen molar-refractivity contribution in [1.82, 2.24) is 4.98 Å². The molecular formula is C19H11NO4S. The molecule has 0 radical (unpaired) electrons. The molecule has 1 aromatic carbocycles. The third-order valence-electron chi connectivity index (χ3n) is 3.58. The number of allylic oxidation sites excluding steroid dienone is 1. The van der Waals surface area contributed by atoms with E-state index in [0.717, 1.165) is 5.56 Å². The highest BCUT2D eigenvalue weighted by molar-refractivity contribution is 7.12. The van der Waals surface area contributed by atoms with Crippen molar-refractivity contribution < 1.29 is 19.1 Å². The number of nitrogens with zero attached hydrogens (tertiary/aromatic N) is 1. The Hall–Kier alpha value is -3.25. The molecule has 1 aliphatic rings. The molecule has 4 rings (SSSR count). The molecule has 0 spiro atoms. The predicted octanol–water partition coefficient (Wildman–Crippen LogP) is 3.98. The van der Waals surface area contributed by atoms with Crippen LogP contribution in [0.4, 0.5) is 0 Å². The van der Waals surface area contributed by atoms with Gasteiger partial charge in [0.15, 0.2) is 5.76 Å². The number of carbonyl (C=O) groups is 2. The second kappa shape index (κ2) is 6.33. The maximum atomic E-state index is 12.4. The average Bonchev–Trinajstić information content (AvgIpc) is 3.25. The van der Waals surface area contributed by atoms with Crippen LogP contribution in [0, 0.1) is 0 Å². The number of carbonyl (C=O) groups excluding carboxylic acids is 2. The van der Waals surface area contributed by atoms with Gasteiger partial charge in [-0.1, -0.05) is 6.07 Å². The lowest BCUT2D eigenvalue weighted by atomic mass is 10.1. The molecule has 0 amide bonds. The molecule has 3 heterocycles. The molecule has 2 aromatic heterocycles. The van der Waals surface area contributed by atoms with E-state index in [1.807, 2.05) is 0 Å². The molecule has 5 nitrogen and oxygen atoms in total. The fraction of sp³-hybridized carbons (Fsp3) is 0. The van der Waals surface area contributed by atoms with Crippen LogP contribution in [0.25, 0.3) is 6.08 Å². The van der Waals surface area contributed by atoms with E-state index in [1.165, 1.54) is 11.3 Å². The van der Waals surface area contributed by atoms with Gasteiger partial charge >= 0.3 is 5.97 Å². The van der Waals surface area contributed by atoms with Gasteiger partial charge in [-0.25, -0.2) is 4.79 Å². The number of aromatic nitrogens is 1. The summed E-state index contributed by atoms with van der Waals surface area (Å²) in [4.78, 5) is 28.9. The van der Waals surface area contributed by atoms with Gasteiger partial charge in [-0.3, -0.25) is 9.78 Å². The molecule has 6 heteroatoms. The number of thiophene rings is 1. The number of esters is 1. The number of ether oxygens (including phenoxy) is 2. The van der Waals surface area contributed by atoms with Crippen molar-refractivity contribution in [2.45, 2.75) is 0 Å². The third kappa shape index (κ3) is 3.07. The first-order valence-corrected chi connectivity index (χ1v) is 8.33. The van der Waals surface area contributed by atoms with Crippen molar-refractivity contribution in [3.05, 3.63) is 82.0 Å². The third-order valence-corrected chi connectivity index (χ3v) is 4.43. The Kier molecular flexibility index (Phi) is 3.87. The van der Waals surface area contributed by atoms with Crippen LogP contribution in [0.5, 0.6) is 11.5 Å². The molecule has 0 bridgehead atoms. The Bertz CT molecular complexity index is 978. The number of hydrogen-bond donors (Lipinski definition) is 0. The van der Waals surface area contributed by atoms with E-state index in [2.05, 4.69) is 4.98 Å². The normalized spacial score (nSPS) is 14.2. The second-order valence-corrected chi connectivity index (χ2v) is 6.19. The van der Waals surface area contributed by atoms with E-state index in [9.17, 15) is 9.59 Å². The van der Waals surface area contributed by atoms with Crippen LogP contribution in [-0.4, -0.2) is 16.7 Å². The first kappa shape index (κ1) is 15.3. The fourth-order valence-electron chi connectivity index (χ4n) is 2.39. The minimum Gasteiger partial charge on any atom is -0.452 e. The van der Waals surface area contributed by atoms with E-state index in [1.54, 1.807) is 66.3 Å². The summed E-state index contributed by atoms with van der Waals surface area (Å²) >= 11 is 1.30. The highest BCUT2D eigenvalue weighted by Gasteiger charge is 2.28. The molecule has 25 heavy (non-hydrogen) atoms. The summed E-state index contributed by atoms with van der Waals surface area (Å²) in [6.07, 6.45) is 4.93. The van der Waals surface area contributed by atoms with Gasteiger partial charge in [0.05, 0.1) is 5.56 Å². The van der Waals surface area contributed by atoms with Crippen LogP contribution in [-0.2, 0) is 0 Å². The molecule has 0 saturated carbocycles. The number of benzene rings is 1. The Balaban J connectivity index is 1.57. The fourth-order valence-corrected chi connectivity index (χ4v) is 2.99. The molecule has 1 aliphatic heterocycles. The van der Waals surface area contributed by atoms with Gasteiger partial charge in [0.2, 0.25) is 5.78 Å². The number of rotatable bonds is 3. The largest absolute Gasteiger partial charge is 0.452 e. The van der Waals surface area contributed by atoms with Crippen LogP contribution in [0.15, 0.2) is 66.0 Å². The monoisotopic (exact) mass is 349 g/mol. The van der Waals surface area contributed by atoms with Crippen LogP contribution in [0.3, 0.4) is 0 Å². The first-order chi connectivity index (χ1) is 12.2. The maximum Gasteiger partial charge on any atom is 0.353 e. The summed E-state index contributed by atoms with van der Waals surface area (Å²) in [7, 11) is 0. The van der Waals surface area contributed by atoms with Crippen molar-refractivity contribution in [2.75, 3.05) is 0 Å². The van der Waals surface area contributed by atoms with E-state index in [-0.39, 0.29) is 11.5 Å². The Morgan fingerprint density at radius 1 is 1.16 bits per heavy atom. The van der Waals surface area contributed by atoms with Crippen LogP contribution in [0.2, 0.25) is 0 Å². The summed E-state index contributed by atoms with van der Waals surface area (Å²) in [6.45, 7) is 0. The van der Waals surface area contributed by atoms with Gasteiger partial charge in [-0.05, 0) is 47.4 Å². The summed E-state index contributed by atoms with van der Waals surface area (Å²) in [5.41, 5.74) is 1.26. The molecular weight excluding hydrogens is 338 g/mol. The maximum absolute atomic E-state index is 12.4. The van der Waals surface area contributed by atoms with Crippen molar-refractivity contribution in [3.63, 3.8) is 0 Å². The summed E-state index contributed by atoms with van der Waals surface area (Å²) in [6, 6.07) is 11.8. The van der Waals surface area contributed by atoms with Gasteiger partial charge in [0.1, 0.15) is 16.4 Å². The number of fused-ring (bicyclic) bond motifs is 1. The lowest BCUT2D eigenvalue weighted by molar-refractivity contribution is 0.0739. The van der Waals surface area contributed by atoms with Crippen molar-refractivity contribution >= 4 is 29.2 Å². The van der Waals surface area contributed by atoms with Crippen LogP contribution in [0.1, 0.15) is 25.6 Å². The standard InChI is InChI=1S/C19H11NO4S/c21-18-14-4-3-13(23-19(22)17-2-1-9-25-17)11-15(14)24-16(18)10-12-5-7-20-8-6-12/h1-11H/b16-10-. The van der Waals surface area contributed by atoms with E-state index < -0.39 is 5.97 Å². The topological polar surface area (TPSA) is 65.5 Å². The number of pyridine rings is 1. The van der Waals surface area contributed by atoms with Crippen molar-refractivity contribution in [2.24, 2.45) is 0 Å². The number of Topliss-reactive ketones (excluding diaryl/α,β-unsaturated/α-hetero) is 1. The second-order valence-electron chi connectivity index (χ2n) is 5.25. The lowest BCUT2D eigenvalue weighted by Crippen LogP contribution is -2.06. The first-order valence-electron chi connectivity index (χ1n) is 7.45. The molecule has 0 fully saturated rings. The van der Waals surface area contributed by atoms with E-state index >= 15 is 0 Å². The zero-order chi connectivity index (χ0) is 17.2. The summed E-state index contributed by atoms with van der Waals surface area (Å²) < 4.78 is 11.0. The quantitative estimate of drug-likeness (QED) is 0.406. The molecule has 0 N–H and O–H groups in total. The molecule has 0 atom stereocenters. The zero-order valence-corrected chi connectivity index (χ0v) is 13.7. The minimum atomic E-state index is -0.438. The summed E-state index contributed by atoms with van der Waals surface area (Å²) in [5.74, 6) is 0.287. The smallest absolute Gasteiger partial charge is 0.353 e. The Labute approximate surface area is 147 Å². The van der Waals surface area contributed by atoms with E-state index in [0.29, 0.717) is 21.9 Å². The van der Waals surface area contributed by atoms with Crippen LogP contribution >= 0.6 is 11.3 Å². The van der Waals surface area contributed by atoms with Gasteiger partial charge in [-0.15, -0.1) is 11.3 Å². The highest BCUT2D eigenvalue weighted by atomic mass is 32.1. The van der Waals surface area contributed by atoms with Gasteiger partial charge in [0.25, 0.3) is 0 Å². The number of ketones is 1. The predicted molar refractivity (Wildman–Crippen MR) is 92.9 cm³/mol. The SMILES string of the molecule is O=C(Oc1ccc2c(c1)O/C(=C\c1ccncc1)C2=O)c1cccs1. The van der Waals surface area contributed by atoms with Gasteiger partial charge < -0.3 is 9.47 Å². The van der Waals surface area contributed by atoms with Crippen molar-refractivity contribution in [3.8, 4) is 11.5 Å². The number of hydrogen-bond acceptors (Lipinski definition) is 6. The summed E-state index contributed by atoms with van der Waals surface area (Å²) in [5, 5.41) is 1.80. The lowest BCUT2D eigenvalue weighted by Gasteiger charge is -2.04. The Morgan fingerprint density at radius 2 is 2.00 bits per heavy atom. The minimum absolute atomic E-state index is 0.206. The highest BCUT2D eigenvalue weighted by Crippen LogP contribution is 2.35. The molecule has 0 unspecified atom stereocenters. The zero-order valence-electron chi connectivity index (χ0n) is 12.8. The Morgan fingerprint density at radius 3 is 2.76 bits per heavy atom.